The molecule has 1 heterocycles. The fraction of sp³-hybridized carbons (Fsp3) is 0.200. The number of nitro groups is 1. The lowest BCUT2D eigenvalue weighted by Gasteiger charge is -2.08. The summed E-state index contributed by atoms with van der Waals surface area (Å²) in [5.41, 5.74) is 3.50. The predicted molar refractivity (Wildman–Crippen MR) is 106 cm³/mol. The molecule has 11 heteroatoms. The molecule has 8 nitrogen and oxygen atoms in total. The van der Waals surface area contributed by atoms with Crippen LogP contribution in [0.3, 0.4) is 0 Å². The average Bonchev–Trinajstić information content (AvgIpc) is 3.26. The lowest BCUT2D eigenvalue weighted by Crippen LogP contribution is -2.21. The van der Waals surface area contributed by atoms with Crippen molar-refractivity contribution in [3.8, 4) is 5.69 Å². The molecule has 0 amide bonds. The molecule has 2 N–H and O–H groups in total. The van der Waals surface area contributed by atoms with Gasteiger partial charge in [-0.3, -0.25) is 10.1 Å². The molecule has 0 spiro atoms. The zero-order valence-electron chi connectivity index (χ0n) is 16.1. The van der Waals surface area contributed by atoms with Crippen LogP contribution in [0.4, 0.5) is 18.9 Å². The highest BCUT2D eigenvalue weighted by Crippen LogP contribution is 2.14. The number of hydrogen-bond acceptors (Lipinski definition) is 5. The maximum absolute atomic E-state index is 10.6. The van der Waals surface area contributed by atoms with Crippen molar-refractivity contribution in [1.82, 2.24) is 14.9 Å². The van der Waals surface area contributed by atoms with Crippen molar-refractivity contribution < 1.29 is 28.0 Å². The number of hydrogen-bond donors (Lipinski definition) is 2. The first-order chi connectivity index (χ1) is 14.7. The number of carboxylic acids is 1. The minimum absolute atomic E-state index is 0.128. The van der Waals surface area contributed by atoms with Crippen molar-refractivity contribution in [1.29, 1.82) is 0 Å². The Bertz CT molecular complexity index is 990. The minimum atomic E-state index is -5.08. The summed E-state index contributed by atoms with van der Waals surface area (Å²) in [6, 6.07) is 15.0. The quantitative estimate of drug-likeness (QED) is 0.332. The minimum Gasteiger partial charge on any atom is -0.475 e. The Balaban J connectivity index is 0.000000423. The van der Waals surface area contributed by atoms with Gasteiger partial charge in [-0.2, -0.15) is 13.2 Å². The molecule has 0 aliphatic heterocycles. The van der Waals surface area contributed by atoms with Crippen molar-refractivity contribution in [3.05, 3.63) is 88.5 Å². The number of aliphatic carboxylic acids is 1. The normalized spacial score (nSPS) is 10.8. The first-order valence-corrected chi connectivity index (χ1v) is 8.98. The van der Waals surface area contributed by atoms with E-state index in [1.165, 1.54) is 5.56 Å². The second-order valence-electron chi connectivity index (χ2n) is 6.29. The van der Waals surface area contributed by atoms with Crippen LogP contribution in [0.15, 0.2) is 67.3 Å². The Morgan fingerprint density at radius 2 is 1.84 bits per heavy atom. The summed E-state index contributed by atoms with van der Waals surface area (Å²) in [5, 5.41) is 21.2. The highest BCUT2D eigenvalue weighted by atomic mass is 19.4. The first kappa shape index (κ1) is 23.5. The van der Waals surface area contributed by atoms with Crippen LogP contribution >= 0.6 is 0 Å². The summed E-state index contributed by atoms with van der Waals surface area (Å²) in [5.74, 6) is -2.76. The van der Waals surface area contributed by atoms with Crippen molar-refractivity contribution >= 4 is 11.7 Å². The van der Waals surface area contributed by atoms with E-state index in [0.717, 1.165) is 30.8 Å². The van der Waals surface area contributed by atoms with Gasteiger partial charge in [0, 0.05) is 36.8 Å². The van der Waals surface area contributed by atoms with Crippen molar-refractivity contribution in [3.63, 3.8) is 0 Å². The number of benzene rings is 2. The van der Waals surface area contributed by atoms with E-state index in [-0.39, 0.29) is 10.6 Å². The van der Waals surface area contributed by atoms with Crippen molar-refractivity contribution in [2.45, 2.75) is 19.1 Å². The van der Waals surface area contributed by atoms with E-state index >= 15 is 0 Å². The van der Waals surface area contributed by atoms with Gasteiger partial charge in [0.15, 0.2) is 0 Å². The summed E-state index contributed by atoms with van der Waals surface area (Å²) < 4.78 is 33.7. The van der Waals surface area contributed by atoms with Crippen LogP contribution in [0.1, 0.15) is 11.1 Å². The number of carbonyl (C=O) groups is 1. The Labute approximate surface area is 175 Å². The van der Waals surface area contributed by atoms with Gasteiger partial charge < -0.3 is 15.0 Å². The predicted octanol–water partition coefficient (Wildman–Crippen LogP) is 3.75. The molecule has 0 unspecified atom stereocenters. The Kier molecular flexibility index (Phi) is 8.26. The summed E-state index contributed by atoms with van der Waals surface area (Å²) >= 11 is 0. The van der Waals surface area contributed by atoms with Gasteiger partial charge in [0.05, 0.1) is 11.3 Å². The van der Waals surface area contributed by atoms with E-state index in [4.69, 9.17) is 9.90 Å². The van der Waals surface area contributed by atoms with Crippen LogP contribution in [0.5, 0.6) is 0 Å². The van der Waals surface area contributed by atoms with Crippen LogP contribution in [0.2, 0.25) is 0 Å². The first-order valence-electron chi connectivity index (χ1n) is 8.98. The molecule has 0 fully saturated rings. The van der Waals surface area contributed by atoms with Crippen LogP contribution in [-0.2, 0) is 17.8 Å². The molecule has 0 bridgehead atoms. The van der Waals surface area contributed by atoms with E-state index < -0.39 is 12.1 Å². The topological polar surface area (TPSA) is 110 Å². The van der Waals surface area contributed by atoms with Crippen LogP contribution in [-0.4, -0.2) is 38.3 Å². The molecule has 2 aromatic carbocycles. The van der Waals surface area contributed by atoms with Gasteiger partial charge in [-0.1, -0.05) is 24.3 Å². The number of alkyl halides is 3. The Hall–Kier alpha value is -3.73. The standard InChI is InChI=1S/C18H18N4O2.C2HF3O2/c23-22(24)17-6-4-15(5-7-17)8-9-19-13-16-2-1-3-18(12-16)21-11-10-20-14-21;3-2(4,5)1(6)7/h1-7,10-12,14,19H,8-9,13H2;(H,6,7). The Morgan fingerprint density at radius 1 is 1.16 bits per heavy atom. The third kappa shape index (κ3) is 7.90. The van der Waals surface area contributed by atoms with E-state index in [2.05, 4.69) is 22.4 Å². The lowest BCUT2D eigenvalue weighted by atomic mass is 10.1. The number of carboxylic acid groups (broad SMARTS) is 1. The third-order valence-electron chi connectivity index (χ3n) is 4.02. The molecule has 31 heavy (non-hydrogen) atoms. The summed E-state index contributed by atoms with van der Waals surface area (Å²) in [7, 11) is 0. The highest BCUT2D eigenvalue weighted by Gasteiger charge is 2.38. The van der Waals surface area contributed by atoms with Gasteiger partial charge in [-0.15, -0.1) is 0 Å². The van der Waals surface area contributed by atoms with Gasteiger partial charge >= 0.3 is 12.1 Å². The molecule has 0 saturated heterocycles. The number of nitrogens with one attached hydrogen (secondary N) is 1. The van der Waals surface area contributed by atoms with Crippen molar-refractivity contribution in [2.24, 2.45) is 0 Å². The van der Waals surface area contributed by atoms with E-state index in [0.29, 0.717) is 0 Å². The molecule has 3 aromatic rings. The van der Waals surface area contributed by atoms with Gasteiger partial charge in [0.1, 0.15) is 0 Å². The second kappa shape index (κ2) is 10.9. The lowest BCUT2D eigenvalue weighted by molar-refractivity contribution is -0.384. The molecule has 0 saturated carbocycles. The number of non-ortho nitro benzene ring substituents is 1. The molecule has 1 aromatic heterocycles. The fourth-order valence-corrected chi connectivity index (χ4v) is 2.49. The zero-order chi connectivity index (χ0) is 22.9. The molecular formula is C20H19F3N4O4. The van der Waals surface area contributed by atoms with E-state index in [9.17, 15) is 23.3 Å². The van der Waals surface area contributed by atoms with E-state index in [1.54, 1.807) is 36.8 Å². The summed E-state index contributed by atoms with van der Waals surface area (Å²) in [4.78, 5) is 23.2. The number of imidazole rings is 1. The second-order valence-corrected chi connectivity index (χ2v) is 6.29. The largest absolute Gasteiger partial charge is 0.490 e. The molecule has 0 radical (unpaired) electrons. The number of nitro benzene ring substituents is 1. The third-order valence-corrected chi connectivity index (χ3v) is 4.02. The number of halogens is 3. The molecular weight excluding hydrogens is 417 g/mol. The summed E-state index contributed by atoms with van der Waals surface area (Å²) in [6.45, 7) is 1.59. The SMILES string of the molecule is O=C(O)C(F)(F)F.O=[N+]([O-])c1ccc(CCNCc2cccc(-n3ccnc3)c2)cc1. The monoisotopic (exact) mass is 436 g/mol. The van der Waals surface area contributed by atoms with Gasteiger partial charge in [0.25, 0.3) is 5.69 Å². The van der Waals surface area contributed by atoms with Gasteiger partial charge in [-0.05, 0) is 36.2 Å². The number of nitrogens with zero attached hydrogens (tertiary/aromatic N) is 3. The van der Waals surface area contributed by atoms with Crippen LogP contribution < -0.4 is 5.32 Å². The van der Waals surface area contributed by atoms with Gasteiger partial charge in [-0.25, -0.2) is 9.78 Å². The number of rotatable bonds is 7. The Morgan fingerprint density at radius 3 is 2.39 bits per heavy atom. The zero-order valence-corrected chi connectivity index (χ0v) is 16.1. The van der Waals surface area contributed by atoms with Gasteiger partial charge in [0.2, 0.25) is 0 Å². The van der Waals surface area contributed by atoms with Crippen LogP contribution in [0, 0.1) is 10.1 Å². The fourth-order valence-electron chi connectivity index (χ4n) is 2.49. The van der Waals surface area contributed by atoms with E-state index in [1.807, 2.05) is 22.9 Å². The van der Waals surface area contributed by atoms with Crippen molar-refractivity contribution in [2.75, 3.05) is 6.54 Å². The molecule has 164 valence electrons. The highest BCUT2D eigenvalue weighted by molar-refractivity contribution is 5.73. The smallest absolute Gasteiger partial charge is 0.475 e. The molecule has 3 rings (SSSR count). The molecule has 0 aliphatic rings. The maximum Gasteiger partial charge on any atom is 0.490 e. The average molecular weight is 436 g/mol. The van der Waals surface area contributed by atoms with Crippen LogP contribution in [0.25, 0.3) is 5.69 Å². The molecule has 0 atom stereocenters. The number of aromatic nitrogens is 2. The maximum atomic E-state index is 10.6. The molecule has 0 aliphatic carbocycles. The summed E-state index contributed by atoms with van der Waals surface area (Å²) in [6.07, 6.45) is 1.20.